The van der Waals surface area contributed by atoms with Crippen molar-refractivity contribution in [3.63, 3.8) is 0 Å². The van der Waals surface area contributed by atoms with Crippen molar-refractivity contribution in [2.24, 2.45) is 5.92 Å². The van der Waals surface area contributed by atoms with Crippen LogP contribution in [0.3, 0.4) is 0 Å². The van der Waals surface area contributed by atoms with Gasteiger partial charge in [0.05, 0.1) is 18.4 Å². The molecular formula is C9H15NO2. The molecular weight excluding hydrogens is 154 g/mol. The van der Waals surface area contributed by atoms with E-state index in [9.17, 15) is 4.79 Å². The smallest absolute Gasteiger partial charge is 0.307 e. The van der Waals surface area contributed by atoms with E-state index in [-0.39, 0.29) is 18.3 Å². The SMILES string of the molecule is C[C@@H](C#N)CC(=O)OC(C)(C)C. The second-order valence-corrected chi connectivity index (χ2v) is 3.82. The Labute approximate surface area is 73.3 Å². The molecule has 3 heteroatoms. The monoisotopic (exact) mass is 169 g/mol. The van der Waals surface area contributed by atoms with Crippen LogP contribution < -0.4 is 0 Å². The summed E-state index contributed by atoms with van der Waals surface area (Å²) in [6.07, 6.45) is 0.174. The number of hydrogen-bond acceptors (Lipinski definition) is 3. The molecule has 0 fully saturated rings. The molecule has 0 heterocycles. The second-order valence-electron chi connectivity index (χ2n) is 3.82. The maximum absolute atomic E-state index is 11.1. The first-order chi connectivity index (χ1) is 5.35. The standard InChI is InChI=1S/C9H15NO2/c1-7(6-10)5-8(11)12-9(2,3)4/h7H,5H2,1-4H3/t7-/m1/s1. The molecule has 0 unspecified atom stereocenters. The number of nitrogens with zero attached hydrogens (tertiary/aromatic N) is 1. The number of carbonyl (C=O) groups is 1. The minimum atomic E-state index is -0.452. The quantitative estimate of drug-likeness (QED) is 0.593. The van der Waals surface area contributed by atoms with Crippen molar-refractivity contribution in [3.05, 3.63) is 0 Å². The van der Waals surface area contributed by atoms with Gasteiger partial charge >= 0.3 is 5.97 Å². The Morgan fingerprint density at radius 3 is 2.42 bits per heavy atom. The van der Waals surface area contributed by atoms with Gasteiger partial charge in [0.15, 0.2) is 0 Å². The lowest BCUT2D eigenvalue weighted by atomic mass is 10.1. The molecule has 0 aromatic heterocycles. The molecule has 0 rings (SSSR count). The Hall–Kier alpha value is -1.04. The highest BCUT2D eigenvalue weighted by Crippen LogP contribution is 2.10. The molecule has 1 atom stereocenters. The van der Waals surface area contributed by atoms with Gasteiger partial charge < -0.3 is 4.74 Å². The highest BCUT2D eigenvalue weighted by molar-refractivity contribution is 5.70. The molecule has 0 N–H and O–H groups in total. The van der Waals surface area contributed by atoms with Crippen LogP contribution in [0.4, 0.5) is 0 Å². The highest BCUT2D eigenvalue weighted by atomic mass is 16.6. The Morgan fingerprint density at radius 1 is 1.58 bits per heavy atom. The average Bonchev–Trinajstić information content (AvgIpc) is 1.82. The fourth-order valence-electron chi connectivity index (χ4n) is 0.679. The lowest BCUT2D eigenvalue weighted by Crippen LogP contribution is -2.24. The molecule has 0 saturated carbocycles. The Balaban J connectivity index is 3.85. The summed E-state index contributed by atoms with van der Waals surface area (Å²) >= 11 is 0. The number of ether oxygens (including phenoxy) is 1. The van der Waals surface area contributed by atoms with E-state index < -0.39 is 5.60 Å². The maximum atomic E-state index is 11.1. The van der Waals surface area contributed by atoms with E-state index in [1.165, 1.54) is 0 Å². The van der Waals surface area contributed by atoms with Crippen molar-refractivity contribution < 1.29 is 9.53 Å². The van der Waals surface area contributed by atoms with Gasteiger partial charge in [-0.2, -0.15) is 5.26 Å². The third-order valence-corrected chi connectivity index (χ3v) is 1.11. The molecule has 3 nitrogen and oxygen atoms in total. The second kappa shape index (κ2) is 4.10. The van der Waals surface area contributed by atoms with Gasteiger partial charge in [0.25, 0.3) is 0 Å². The summed E-state index contributed by atoms with van der Waals surface area (Å²) in [6.45, 7) is 7.12. The van der Waals surface area contributed by atoms with E-state index in [1.807, 2.05) is 26.8 Å². The van der Waals surface area contributed by atoms with Crippen molar-refractivity contribution >= 4 is 5.97 Å². The summed E-state index contributed by atoms with van der Waals surface area (Å²) in [7, 11) is 0. The lowest BCUT2D eigenvalue weighted by Gasteiger charge is -2.19. The number of carbonyl (C=O) groups excluding carboxylic acids is 1. The number of hydrogen-bond donors (Lipinski definition) is 0. The highest BCUT2D eigenvalue weighted by Gasteiger charge is 2.17. The normalized spacial score (nSPS) is 13.2. The fraction of sp³-hybridized carbons (Fsp3) is 0.778. The van der Waals surface area contributed by atoms with Gasteiger partial charge in [-0.1, -0.05) is 0 Å². The third-order valence-electron chi connectivity index (χ3n) is 1.11. The maximum Gasteiger partial charge on any atom is 0.307 e. The van der Waals surface area contributed by atoms with Crippen LogP contribution in [0.25, 0.3) is 0 Å². The zero-order valence-corrected chi connectivity index (χ0v) is 8.05. The van der Waals surface area contributed by atoms with Gasteiger partial charge in [-0.05, 0) is 27.7 Å². The molecule has 0 aliphatic carbocycles. The van der Waals surface area contributed by atoms with Crippen LogP contribution in [0, 0.1) is 17.2 Å². The number of nitriles is 1. The molecule has 0 aliphatic rings. The first-order valence-electron chi connectivity index (χ1n) is 3.96. The Morgan fingerprint density at radius 2 is 2.08 bits per heavy atom. The predicted molar refractivity (Wildman–Crippen MR) is 45.2 cm³/mol. The molecule has 0 aliphatic heterocycles. The van der Waals surface area contributed by atoms with Crippen LogP contribution in [0.1, 0.15) is 34.1 Å². The van der Waals surface area contributed by atoms with Gasteiger partial charge in [0, 0.05) is 0 Å². The summed E-state index contributed by atoms with van der Waals surface area (Å²) in [6, 6.07) is 1.98. The van der Waals surface area contributed by atoms with E-state index >= 15 is 0 Å². The van der Waals surface area contributed by atoms with Gasteiger partial charge in [-0.25, -0.2) is 0 Å². The van der Waals surface area contributed by atoms with Crippen molar-refractivity contribution in [2.75, 3.05) is 0 Å². The average molecular weight is 169 g/mol. The topological polar surface area (TPSA) is 50.1 Å². The van der Waals surface area contributed by atoms with Crippen molar-refractivity contribution in [2.45, 2.75) is 39.7 Å². The molecule has 12 heavy (non-hydrogen) atoms. The summed E-state index contributed by atoms with van der Waals surface area (Å²) < 4.78 is 5.02. The van der Waals surface area contributed by atoms with E-state index in [0.717, 1.165) is 0 Å². The lowest BCUT2D eigenvalue weighted by molar-refractivity contribution is -0.155. The summed E-state index contributed by atoms with van der Waals surface area (Å²) in [5, 5.41) is 8.42. The summed E-state index contributed by atoms with van der Waals surface area (Å²) in [5.41, 5.74) is -0.452. The fourth-order valence-corrected chi connectivity index (χ4v) is 0.679. The minimum Gasteiger partial charge on any atom is -0.460 e. The molecule has 0 amide bonds. The van der Waals surface area contributed by atoms with Crippen LogP contribution >= 0.6 is 0 Å². The van der Waals surface area contributed by atoms with Crippen LogP contribution in [0.15, 0.2) is 0 Å². The predicted octanol–water partition coefficient (Wildman–Crippen LogP) is 1.88. The van der Waals surface area contributed by atoms with Gasteiger partial charge in [-0.15, -0.1) is 0 Å². The first kappa shape index (κ1) is 11.0. The van der Waals surface area contributed by atoms with Crippen LogP contribution in [-0.2, 0) is 9.53 Å². The molecule has 0 aromatic rings. The van der Waals surface area contributed by atoms with Crippen molar-refractivity contribution in [1.82, 2.24) is 0 Å². The van der Waals surface area contributed by atoms with Gasteiger partial charge in [0.2, 0.25) is 0 Å². The van der Waals surface area contributed by atoms with Crippen molar-refractivity contribution in [3.8, 4) is 6.07 Å². The third kappa shape index (κ3) is 5.72. The first-order valence-corrected chi connectivity index (χ1v) is 3.96. The van der Waals surface area contributed by atoms with E-state index in [0.29, 0.717) is 0 Å². The number of esters is 1. The van der Waals surface area contributed by atoms with Crippen LogP contribution in [0.2, 0.25) is 0 Å². The van der Waals surface area contributed by atoms with Crippen LogP contribution in [-0.4, -0.2) is 11.6 Å². The molecule has 0 spiro atoms. The molecule has 0 radical (unpaired) electrons. The minimum absolute atomic E-state index is 0.174. The van der Waals surface area contributed by atoms with Gasteiger partial charge in [0.1, 0.15) is 5.60 Å². The van der Waals surface area contributed by atoms with E-state index in [4.69, 9.17) is 10.00 Å². The largest absolute Gasteiger partial charge is 0.460 e. The Bertz CT molecular complexity index is 198. The number of rotatable bonds is 2. The van der Waals surface area contributed by atoms with E-state index in [2.05, 4.69) is 0 Å². The molecule has 68 valence electrons. The Kier molecular flexibility index (Phi) is 3.75. The van der Waals surface area contributed by atoms with E-state index in [1.54, 1.807) is 6.92 Å². The zero-order valence-electron chi connectivity index (χ0n) is 8.05. The van der Waals surface area contributed by atoms with Gasteiger partial charge in [-0.3, -0.25) is 4.79 Å². The van der Waals surface area contributed by atoms with Crippen LogP contribution in [0.5, 0.6) is 0 Å². The molecule has 0 aromatic carbocycles. The summed E-state index contributed by atoms with van der Waals surface area (Å²) in [5.74, 6) is -0.573. The van der Waals surface area contributed by atoms with Crippen molar-refractivity contribution in [1.29, 1.82) is 5.26 Å². The molecule has 0 bridgehead atoms. The summed E-state index contributed by atoms with van der Waals surface area (Å²) in [4.78, 5) is 11.1. The zero-order chi connectivity index (χ0) is 9.78. The molecule has 0 saturated heterocycles.